The average Bonchev–Trinajstić information content (AvgIpc) is 2.47. The van der Waals surface area contributed by atoms with E-state index in [0.29, 0.717) is 5.56 Å². The number of fused-ring (bicyclic) bond motifs is 1. The van der Waals surface area contributed by atoms with Gasteiger partial charge in [0, 0.05) is 12.0 Å². The minimum Gasteiger partial charge on any atom is -0.323 e. The van der Waals surface area contributed by atoms with Gasteiger partial charge in [-0.1, -0.05) is 54.6 Å². The Balaban J connectivity index is 2.11. The van der Waals surface area contributed by atoms with Crippen molar-refractivity contribution < 1.29 is 13.2 Å². The summed E-state index contributed by atoms with van der Waals surface area (Å²) in [5, 5.41) is 0. The van der Waals surface area contributed by atoms with Crippen molar-refractivity contribution in [3.8, 4) is 0 Å². The van der Waals surface area contributed by atoms with E-state index in [9.17, 15) is 13.2 Å². The lowest BCUT2D eigenvalue weighted by Crippen LogP contribution is -2.25. The van der Waals surface area contributed by atoms with Gasteiger partial charge in [0.15, 0.2) is 0 Å². The quantitative estimate of drug-likeness (QED) is 0.821. The molecule has 0 fully saturated rings. The highest BCUT2D eigenvalue weighted by atomic mass is 19.4. The molecule has 0 aliphatic heterocycles. The van der Waals surface area contributed by atoms with Crippen molar-refractivity contribution in [1.82, 2.24) is 0 Å². The Labute approximate surface area is 120 Å². The van der Waals surface area contributed by atoms with Gasteiger partial charge in [0.05, 0.1) is 5.56 Å². The first-order valence-corrected chi connectivity index (χ1v) is 6.67. The predicted molar refractivity (Wildman–Crippen MR) is 76.6 cm³/mol. The monoisotopic (exact) mass is 289 g/mol. The molecule has 0 aromatic heterocycles. The molecule has 4 heteroatoms. The fraction of sp³-hybridized carbons (Fsp3) is 0.176. The summed E-state index contributed by atoms with van der Waals surface area (Å²) >= 11 is 0. The molecule has 0 saturated heterocycles. The van der Waals surface area contributed by atoms with Crippen LogP contribution in [0.15, 0.2) is 54.6 Å². The third-order valence-corrected chi connectivity index (χ3v) is 3.83. The Morgan fingerprint density at radius 3 is 2.29 bits per heavy atom. The second kappa shape index (κ2) is 5.04. The van der Waals surface area contributed by atoms with Crippen LogP contribution in [0.2, 0.25) is 0 Å². The highest BCUT2D eigenvalue weighted by Crippen LogP contribution is 2.43. The number of benzene rings is 2. The standard InChI is InChI=1S/C17H14F3N/c18-17(19,20)14-8-4-7-12-9-10-13(16(21)15(12)14)11-5-2-1-3-6-11/h1-10,13,16H,21H2/t13-,16-/m1/s1. The summed E-state index contributed by atoms with van der Waals surface area (Å²) in [5.74, 6) is -0.248. The first-order valence-electron chi connectivity index (χ1n) is 6.67. The number of rotatable bonds is 1. The van der Waals surface area contributed by atoms with Gasteiger partial charge in [-0.2, -0.15) is 13.2 Å². The molecule has 108 valence electrons. The fourth-order valence-corrected chi connectivity index (χ4v) is 2.85. The fourth-order valence-electron chi connectivity index (χ4n) is 2.85. The molecule has 0 spiro atoms. The maximum absolute atomic E-state index is 13.2. The number of hydrogen-bond acceptors (Lipinski definition) is 1. The summed E-state index contributed by atoms with van der Waals surface area (Å²) in [5.41, 5.74) is 7.18. The lowest BCUT2D eigenvalue weighted by atomic mass is 9.79. The van der Waals surface area contributed by atoms with Crippen molar-refractivity contribution in [1.29, 1.82) is 0 Å². The van der Waals surface area contributed by atoms with Crippen LogP contribution in [-0.2, 0) is 6.18 Å². The van der Waals surface area contributed by atoms with Gasteiger partial charge in [-0.25, -0.2) is 0 Å². The lowest BCUT2D eigenvalue weighted by molar-refractivity contribution is -0.138. The molecular weight excluding hydrogens is 275 g/mol. The number of hydrogen-bond donors (Lipinski definition) is 1. The minimum atomic E-state index is -4.39. The van der Waals surface area contributed by atoms with Crippen molar-refractivity contribution in [2.75, 3.05) is 0 Å². The summed E-state index contributed by atoms with van der Waals surface area (Å²) in [4.78, 5) is 0. The van der Waals surface area contributed by atoms with Crippen LogP contribution >= 0.6 is 0 Å². The molecule has 0 amide bonds. The first-order chi connectivity index (χ1) is 9.98. The van der Waals surface area contributed by atoms with Gasteiger partial charge in [0.1, 0.15) is 0 Å². The zero-order valence-electron chi connectivity index (χ0n) is 11.1. The van der Waals surface area contributed by atoms with Crippen molar-refractivity contribution in [3.05, 3.63) is 76.9 Å². The molecule has 0 bridgehead atoms. The zero-order valence-corrected chi connectivity index (χ0v) is 11.1. The van der Waals surface area contributed by atoms with Gasteiger partial charge in [0.25, 0.3) is 0 Å². The molecule has 0 saturated carbocycles. The molecular formula is C17H14F3N. The molecule has 1 aliphatic rings. The van der Waals surface area contributed by atoms with Crippen LogP contribution in [0.1, 0.15) is 34.2 Å². The third kappa shape index (κ3) is 2.47. The highest BCUT2D eigenvalue weighted by Gasteiger charge is 2.38. The Hall–Kier alpha value is -2.07. The van der Waals surface area contributed by atoms with Gasteiger partial charge in [-0.3, -0.25) is 0 Å². The zero-order chi connectivity index (χ0) is 15.0. The summed E-state index contributed by atoms with van der Waals surface area (Å²) in [6.07, 6.45) is -0.788. The van der Waals surface area contributed by atoms with E-state index in [1.165, 1.54) is 6.07 Å². The molecule has 0 unspecified atom stereocenters. The molecule has 2 aromatic carbocycles. The van der Waals surface area contributed by atoms with E-state index >= 15 is 0 Å². The van der Waals surface area contributed by atoms with Gasteiger partial charge < -0.3 is 5.73 Å². The molecule has 21 heavy (non-hydrogen) atoms. The van der Waals surface area contributed by atoms with Gasteiger partial charge in [0.2, 0.25) is 0 Å². The molecule has 2 aromatic rings. The van der Waals surface area contributed by atoms with Crippen LogP contribution in [0.25, 0.3) is 6.08 Å². The maximum atomic E-state index is 13.2. The summed E-state index contributed by atoms with van der Waals surface area (Å²) in [7, 11) is 0. The SMILES string of the molecule is N[C@H]1c2c(cccc2C(F)(F)F)C=C[C@@H]1c1ccccc1. The molecule has 1 aliphatic carbocycles. The van der Waals surface area contributed by atoms with Crippen molar-refractivity contribution >= 4 is 6.08 Å². The van der Waals surface area contributed by atoms with E-state index in [0.717, 1.165) is 11.6 Å². The normalized spacial score (nSPS) is 21.1. The number of halogens is 3. The maximum Gasteiger partial charge on any atom is 0.416 e. The smallest absolute Gasteiger partial charge is 0.323 e. The minimum absolute atomic E-state index is 0.182. The van der Waals surface area contributed by atoms with Gasteiger partial charge >= 0.3 is 6.18 Å². The van der Waals surface area contributed by atoms with Crippen molar-refractivity contribution in [3.63, 3.8) is 0 Å². The molecule has 3 rings (SSSR count). The Morgan fingerprint density at radius 1 is 0.905 bits per heavy atom. The highest BCUT2D eigenvalue weighted by molar-refractivity contribution is 5.62. The van der Waals surface area contributed by atoms with Crippen LogP contribution in [-0.4, -0.2) is 0 Å². The molecule has 0 radical (unpaired) electrons. The van der Waals surface area contributed by atoms with Crippen LogP contribution in [0.5, 0.6) is 0 Å². The van der Waals surface area contributed by atoms with E-state index < -0.39 is 17.8 Å². The molecule has 0 heterocycles. The summed E-state index contributed by atoms with van der Waals surface area (Å²) < 4.78 is 39.6. The van der Waals surface area contributed by atoms with Crippen LogP contribution in [0.4, 0.5) is 13.2 Å². The van der Waals surface area contributed by atoms with Crippen molar-refractivity contribution in [2.45, 2.75) is 18.1 Å². The third-order valence-electron chi connectivity index (χ3n) is 3.83. The van der Waals surface area contributed by atoms with E-state index in [2.05, 4.69) is 0 Å². The largest absolute Gasteiger partial charge is 0.416 e. The summed E-state index contributed by atoms with van der Waals surface area (Å²) in [6, 6.07) is 12.8. The van der Waals surface area contributed by atoms with E-state index in [-0.39, 0.29) is 11.5 Å². The number of nitrogens with two attached hydrogens (primary N) is 1. The van der Waals surface area contributed by atoms with Gasteiger partial charge in [-0.15, -0.1) is 0 Å². The van der Waals surface area contributed by atoms with E-state index in [1.807, 2.05) is 36.4 Å². The Bertz CT molecular complexity index is 674. The second-order valence-electron chi connectivity index (χ2n) is 5.13. The van der Waals surface area contributed by atoms with E-state index in [4.69, 9.17) is 5.73 Å². The van der Waals surface area contributed by atoms with Crippen LogP contribution in [0, 0.1) is 0 Å². The van der Waals surface area contributed by atoms with Crippen LogP contribution < -0.4 is 5.73 Å². The lowest BCUT2D eigenvalue weighted by Gasteiger charge is -2.29. The summed E-state index contributed by atoms with van der Waals surface area (Å²) in [6.45, 7) is 0. The number of alkyl halides is 3. The molecule has 2 atom stereocenters. The van der Waals surface area contributed by atoms with Crippen LogP contribution in [0.3, 0.4) is 0 Å². The predicted octanol–water partition coefficient (Wildman–Crippen LogP) is 4.52. The first kappa shape index (κ1) is 13.9. The molecule has 2 N–H and O–H groups in total. The van der Waals surface area contributed by atoms with Gasteiger partial charge in [-0.05, 0) is 22.8 Å². The Kier molecular flexibility index (Phi) is 3.33. The van der Waals surface area contributed by atoms with E-state index in [1.54, 1.807) is 12.1 Å². The molecule has 1 nitrogen and oxygen atoms in total. The Morgan fingerprint density at radius 2 is 1.62 bits per heavy atom. The average molecular weight is 289 g/mol. The topological polar surface area (TPSA) is 26.0 Å². The van der Waals surface area contributed by atoms with Crippen molar-refractivity contribution in [2.24, 2.45) is 5.73 Å². The second-order valence-corrected chi connectivity index (χ2v) is 5.13.